The van der Waals surface area contributed by atoms with Crippen molar-refractivity contribution in [1.29, 1.82) is 0 Å². The number of rotatable bonds is 6. The van der Waals surface area contributed by atoms with E-state index in [-0.39, 0.29) is 24.2 Å². The van der Waals surface area contributed by atoms with Gasteiger partial charge in [0.1, 0.15) is 0 Å². The quantitative estimate of drug-likeness (QED) is 0.694. The maximum Gasteiger partial charge on any atom is 0.315 e. The third kappa shape index (κ3) is 7.10. The smallest absolute Gasteiger partial charge is 0.315 e. The standard InChI is InChI=1S/C15H31N3O2/c1-11(2)9-13(10-18(3)4)17-15(20)16-12-5-7-14(19)8-6-12/h11-14,19H,5-10H2,1-4H3,(H2,16,17,20). The van der Waals surface area contributed by atoms with Gasteiger partial charge >= 0.3 is 6.03 Å². The maximum atomic E-state index is 12.1. The zero-order valence-corrected chi connectivity index (χ0v) is 13.4. The zero-order chi connectivity index (χ0) is 15.1. The first-order chi connectivity index (χ1) is 9.36. The molecule has 0 radical (unpaired) electrons. The molecular formula is C15H31N3O2. The molecular weight excluding hydrogens is 254 g/mol. The summed E-state index contributed by atoms with van der Waals surface area (Å²) in [6.45, 7) is 5.20. The summed E-state index contributed by atoms with van der Waals surface area (Å²) >= 11 is 0. The van der Waals surface area contributed by atoms with Crippen molar-refractivity contribution in [2.45, 2.75) is 64.1 Å². The number of nitrogens with one attached hydrogen (secondary N) is 2. The van der Waals surface area contributed by atoms with Gasteiger partial charge in [-0.15, -0.1) is 0 Å². The van der Waals surface area contributed by atoms with E-state index in [4.69, 9.17) is 0 Å². The fourth-order valence-electron chi connectivity index (χ4n) is 2.82. The third-order valence-electron chi connectivity index (χ3n) is 3.71. The molecule has 3 N–H and O–H groups in total. The van der Waals surface area contributed by atoms with Crippen LogP contribution >= 0.6 is 0 Å². The van der Waals surface area contributed by atoms with Crippen molar-refractivity contribution < 1.29 is 9.90 Å². The summed E-state index contributed by atoms with van der Waals surface area (Å²) in [6, 6.07) is 0.315. The molecule has 2 amide bonds. The Kier molecular flexibility index (Phi) is 7.30. The highest BCUT2D eigenvalue weighted by Crippen LogP contribution is 2.18. The summed E-state index contributed by atoms with van der Waals surface area (Å²) in [5.41, 5.74) is 0. The van der Waals surface area contributed by atoms with Crippen LogP contribution in [0.25, 0.3) is 0 Å². The maximum absolute atomic E-state index is 12.1. The Bertz CT molecular complexity index is 277. The summed E-state index contributed by atoms with van der Waals surface area (Å²) in [5.74, 6) is 0.560. The van der Waals surface area contributed by atoms with E-state index in [9.17, 15) is 9.90 Å². The number of amides is 2. The Morgan fingerprint density at radius 1 is 1.25 bits per heavy atom. The minimum absolute atomic E-state index is 0.0705. The van der Waals surface area contributed by atoms with Crippen molar-refractivity contribution in [3.8, 4) is 0 Å². The van der Waals surface area contributed by atoms with Crippen LogP contribution < -0.4 is 10.6 Å². The molecule has 1 aliphatic carbocycles. The molecule has 5 nitrogen and oxygen atoms in total. The molecule has 0 aromatic heterocycles. The van der Waals surface area contributed by atoms with E-state index in [0.29, 0.717) is 5.92 Å². The van der Waals surface area contributed by atoms with Gasteiger partial charge in [0.2, 0.25) is 0 Å². The van der Waals surface area contributed by atoms with Crippen LogP contribution in [0.2, 0.25) is 0 Å². The summed E-state index contributed by atoms with van der Waals surface area (Å²) < 4.78 is 0. The molecule has 0 bridgehead atoms. The van der Waals surface area contributed by atoms with Crippen molar-refractivity contribution in [3.63, 3.8) is 0 Å². The van der Waals surface area contributed by atoms with Crippen LogP contribution in [0.4, 0.5) is 4.79 Å². The Labute approximate surface area is 123 Å². The Morgan fingerprint density at radius 3 is 2.35 bits per heavy atom. The van der Waals surface area contributed by atoms with E-state index in [1.807, 2.05) is 14.1 Å². The van der Waals surface area contributed by atoms with E-state index < -0.39 is 0 Å². The molecule has 118 valence electrons. The molecule has 1 unspecified atom stereocenters. The lowest BCUT2D eigenvalue weighted by molar-refractivity contribution is 0.117. The van der Waals surface area contributed by atoms with Crippen molar-refractivity contribution in [3.05, 3.63) is 0 Å². The molecule has 1 rings (SSSR count). The first kappa shape index (κ1) is 17.2. The second kappa shape index (κ2) is 8.47. The predicted molar refractivity (Wildman–Crippen MR) is 81.7 cm³/mol. The fourth-order valence-corrected chi connectivity index (χ4v) is 2.82. The number of aliphatic hydroxyl groups excluding tert-OH is 1. The minimum Gasteiger partial charge on any atom is -0.393 e. The minimum atomic E-state index is -0.182. The molecule has 1 atom stereocenters. The number of carbonyl (C=O) groups excluding carboxylic acids is 1. The molecule has 1 saturated carbocycles. The summed E-state index contributed by atoms with van der Waals surface area (Å²) in [7, 11) is 4.05. The second-order valence-corrected chi connectivity index (χ2v) is 6.71. The van der Waals surface area contributed by atoms with Gasteiger partial charge in [-0.3, -0.25) is 0 Å². The molecule has 5 heteroatoms. The highest BCUT2D eigenvalue weighted by Gasteiger charge is 2.22. The SMILES string of the molecule is CC(C)CC(CN(C)C)NC(=O)NC1CCC(O)CC1. The number of likely N-dealkylation sites (N-methyl/N-ethyl adjacent to an activating group) is 1. The van der Waals surface area contributed by atoms with E-state index in [1.165, 1.54) is 0 Å². The first-order valence-electron chi connectivity index (χ1n) is 7.76. The van der Waals surface area contributed by atoms with Gasteiger partial charge in [-0.05, 0) is 52.1 Å². The van der Waals surface area contributed by atoms with Crippen LogP contribution in [0.1, 0.15) is 46.0 Å². The number of carbonyl (C=O) groups is 1. The zero-order valence-electron chi connectivity index (χ0n) is 13.4. The van der Waals surface area contributed by atoms with Crippen molar-refractivity contribution >= 4 is 6.03 Å². The van der Waals surface area contributed by atoms with Crippen molar-refractivity contribution in [2.75, 3.05) is 20.6 Å². The van der Waals surface area contributed by atoms with Crippen molar-refractivity contribution in [1.82, 2.24) is 15.5 Å². The number of urea groups is 1. The summed E-state index contributed by atoms with van der Waals surface area (Å²) in [5, 5.41) is 15.6. The third-order valence-corrected chi connectivity index (χ3v) is 3.71. The van der Waals surface area contributed by atoms with Crippen LogP contribution in [0.5, 0.6) is 0 Å². The Hall–Kier alpha value is -0.810. The molecule has 0 spiro atoms. The van der Waals surface area contributed by atoms with Crippen LogP contribution in [-0.2, 0) is 0 Å². The molecule has 0 aromatic carbocycles. The van der Waals surface area contributed by atoms with Gasteiger partial charge in [0.15, 0.2) is 0 Å². The molecule has 20 heavy (non-hydrogen) atoms. The van der Waals surface area contributed by atoms with E-state index in [1.54, 1.807) is 0 Å². The van der Waals surface area contributed by atoms with Gasteiger partial charge in [-0.25, -0.2) is 4.79 Å². The molecule has 1 fully saturated rings. The molecule has 0 aliphatic heterocycles. The average molecular weight is 285 g/mol. The average Bonchev–Trinajstić information content (AvgIpc) is 2.30. The topological polar surface area (TPSA) is 64.6 Å². The van der Waals surface area contributed by atoms with Crippen LogP contribution in [0.15, 0.2) is 0 Å². The Balaban J connectivity index is 2.36. The number of aliphatic hydroxyl groups is 1. The van der Waals surface area contributed by atoms with Gasteiger partial charge < -0.3 is 20.6 Å². The molecule has 0 heterocycles. The predicted octanol–water partition coefficient (Wildman–Crippen LogP) is 1.57. The lowest BCUT2D eigenvalue weighted by Crippen LogP contribution is -2.50. The highest BCUT2D eigenvalue weighted by molar-refractivity contribution is 5.74. The Morgan fingerprint density at radius 2 is 1.85 bits per heavy atom. The number of hydrogen-bond acceptors (Lipinski definition) is 3. The summed E-state index contributed by atoms with van der Waals surface area (Å²) in [6.07, 6.45) is 4.12. The lowest BCUT2D eigenvalue weighted by Gasteiger charge is -2.28. The fraction of sp³-hybridized carbons (Fsp3) is 0.933. The highest BCUT2D eigenvalue weighted by atomic mass is 16.3. The molecule has 0 saturated heterocycles. The van der Waals surface area contributed by atoms with E-state index in [2.05, 4.69) is 29.4 Å². The second-order valence-electron chi connectivity index (χ2n) is 6.71. The van der Waals surface area contributed by atoms with Crippen LogP contribution in [-0.4, -0.2) is 54.9 Å². The van der Waals surface area contributed by atoms with Gasteiger partial charge in [-0.2, -0.15) is 0 Å². The van der Waals surface area contributed by atoms with E-state index >= 15 is 0 Å². The lowest BCUT2D eigenvalue weighted by atomic mass is 9.93. The number of hydrogen-bond donors (Lipinski definition) is 3. The monoisotopic (exact) mass is 285 g/mol. The summed E-state index contributed by atoms with van der Waals surface area (Å²) in [4.78, 5) is 14.2. The van der Waals surface area contributed by atoms with Crippen molar-refractivity contribution in [2.24, 2.45) is 5.92 Å². The largest absolute Gasteiger partial charge is 0.393 e. The van der Waals surface area contributed by atoms with Crippen LogP contribution in [0.3, 0.4) is 0 Å². The van der Waals surface area contributed by atoms with Gasteiger partial charge in [0.25, 0.3) is 0 Å². The molecule has 0 aromatic rings. The van der Waals surface area contributed by atoms with E-state index in [0.717, 1.165) is 38.6 Å². The molecule has 1 aliphatic rings. The first-order valence-corrected chi connectivity index (χ1v) is 7.76. The number of nitrogens with zero attached hydrogens (tertiary/aromatic N) is 1. The van der Waals surface area contributed by atoms with Crippen LogP contribution in [0, 0.1) is 5.92 Å². The van der Waals surface area contributed by atoms with Gasteiger partial charge in [0.05, 0.1) is 6.10 Å². The normalized spacial score (nSPS) is 24.8. The van der Waals surface area contributed by atoms with Gasteiger partial charge in [-0.1, -0.05) is 13.8 Å². The van der Waals surface area contributed by atoms with Gasteiger partial charge in [0, 0.05) is 18.6 Å².